The van der Waals surface area contributed by atoms with Crippen molar-refractivity contribution in [3.8, 4) is 0 Å². The molecule has 0 bridgehead atoms. The highest BCUT2D eigenvalue weighted by atomic mass is 32.2. The van der Waals surface area contributed by atoms with Crippen LogP contribution in [0.15, 0.2) is 0 Å². The van der Waals surface area contributed by atoms with Gasteiger partial charge in [0.15, 0.2) is 0 Å². The van der Waals surface area contributed by atoms with Crippen LogP contribution in [0.2, 0.25) is 0 Å². The molecular formula is C3H8O4S. The normalized spacial score (nSPS) is 15.9. The number of aliphatic hydroxyl groups is 1. The van der Waals surface area contributed by atoms with E-state index in [9.17, 15) is 8.42 Å². The maximum absolute atomic E-state index is 9.96. The van der Waals surface area contributed by atoms with Crippen molar-refractivity contribution < 1.29 is 18.1 Å². The first-order chi connectivity index (χ1) is 3.48. The predicted molar refractivity (Wildman–Crippen MR) is 28.1 cm³/mol. The van der Waals surface area contributed by atoms with Crippen molar-refractivity contribution in [2.45, 2.75) is 12.2 Å². The molecule has 0 aromatic heterocycles. The minimum Gasteiger partial charge on any atom is -0.395 e. The molecule has 1 atom stereocenters. The Hall–Kier alpha value is -0.130. The maximum atomic E-state index is 9.96. The summed E-state index contributed by atoms with van der Waals surface area (Å²) < 4.78 is 28.0. The molecule has 0 spiro atoms. The summed E-state index contributed by atoms with van der Waals surface area (Å²) in [5.41, 5.74) is 0. The van der Waals surface area contributed by atoms with E-state index < -0.39 is 22.0 Å². The smallest absolute Gasteiger partial charge is 0.269 e. The quantitative estimate of drug-likeness (QED) is 0.495. The zero-order chi connectivity index (χ0) is 6.78. The van der Waals surface area contributed by atoms with E-state index in [0.29, 0.717) is 0 Å². The monoisotopic (exact) mass is 140 g/mol. The van der Waals surface area contributed by atoms with Crippen LogP contribution in [0.5, 0.6) is 0 Å². The Bertz CT molecular complexity index is 147. The summed E-state index contributed by atoms with van der Waals surface area (Å²) in [6, 6.07) is 0. The summed E-state index contributed by atoms with van der Waals surface area (Å²) in [5.74, 6) is 0. The van der Waals surface area contributed by atoms with Crippen LogP contribution in [-0.4, -0.2) is 29.9 Å². The number of hydrogen-bond donors (Lipinski definition) is 2. The Morgan fingerprint density at radius 1 is 1.62 bits per heavy atom. The van der Waals surface area contributed by atoms with Crippen molar-refractivity contribution in [1.29, 1.82) is 0 Å². The topological polar surface area (TPSA) is 74.6 Å². The van der Waals surface area contributed by atoms with Gasteiger partial charge in [-0.05, 0) is 6.92 Å². The molecule has 8 heavy (non-hydrogen) atoms. The lowest BCUT2D eigenvalue weighted by atomic mass is 10.5. The molecule has 0 saturated carbocycles. The highest BCUT2D eigenvalue weighted by Gasteiger charge is 2.14. The molecule has 0 aromatic rings. The van der Waals surface area contributed by atoms with E-state index in [1.54, 1.807) is 0 Å². The molecule has 0 rings (SSSR count). The van der Waals surface area contributed by atoms with Crippen LogP contribution in [0.1, 0.15) is 6.92 Å². The van der Waals surface area contributed by atoms with E-state index in [4.69, 9.17) is 9.66 Å². The van der Waals surface area contributed by atoms with Gasteiger partial charge >= 0.3 is 0 Å². The number of rotatable bonds is 2. The van der Waals surface area contributed by atoms with E-state index in [2.05, 4.69) is 0 Å². The van der Waals surface area contributed by atoms with E-state index in [0.717, 1.165) is 0 Å². The van der Waals surface area contributed by atoms with E-state index >= 15 is 0 Å². The van der Waals surface area contributed by atoms with Crippen LogP contribution in [0, 0.1) is 0 Å². The lowest BCUT2D eigenvalue weighted by molar-refractivity contribution is 0.289. The number of hydrogen-bond acceptors (Lipinski definition) is 3. The lowest BCUT2D eigenvalue weighted by Gasteiger charge is -1.99. The van der Waals surface area contributed by atoms with Gasteiger partial charge in [0.05, 0.1) is 6.61 Å². The molecule has 50 valence electrons. The van der Waals surface area contributed by atoms with E-state index in [1.807, 2.05) is 0 Å². The van der Waals surface area contributed by atoms with Crippen LogP contribution in [-0.2, 0) is 10.1 Å². The summed E-state index contributed by atoms with van der Waals surface area (Å²) in [6.07, 6.45) is 0. The van der Waals surface area contributed by atoms with Gasteiger partial charge in [-0.15, -0.1) is 0 Å². The average molecular weight is 140 g/mol. The second kappa shape index (κ2) is 2.43. The first kappa shape index (κ1) is 7.87. The zero-order valence-electron chi connectivity index (χ0n) is 4.40. The maximum Gasteiger partial charge on any atom is 0.269 e. The Kier molecular flexibility index (Phi) is 2.39. The predicted octanol–water partition coefficient (Wildman–Crippen LogP) is -0.745. The summed E-state index contributed by atoms with van der Waals surface area (Å²) in [4.78, 5) is 0. The Balaban J connectivity index is 4.04. The molecular weight excluding hydrogens is 132 g/mol. The van der Waals surface area contributed by atoms with Crippen molar-refractivity contribution in [2.75, 3.05) is 6.61 Å². The van der Waals surface area contributed by atoms with Gasteiger partial charge in [-0.25, -0.2) is 0 Å². The summed E-state index contributed by atoms with van der Waals surface area (Å²) in [5, 5.41) is 7.06. The third-order valence-corrected chi connectivity index (χ3v) is 1.93. The highest BCUT2D eigenvalue weighted by Crippen LogP contribution is 1.93. The molecule has 0 fully saturated rings. The van der Waals surface area contributed by atoms with Gasteiger partial charge in [-0.1, -0.05) is 0 Å². The van der Waals surface area contributed by atoms with Crippen LogP contribution in [0.25, 0.3) is 0 Å². The van der Waals surface area contributed by atoms with Crippen LogP contribution in [0.3, 0.4) is 0 Å². The van der Waals surface area contributed by atoms with Gasteiger partial charge in [0.1, 0.15) is 5.25 Å². The molecule has 0 unspecified atom stereocenters. The Morgan fingerprint density at radius 2 is 2.00 bits per heavy atom. The SMILES string of the molecule is C[C@H](CO)S(=O)(=O)O. The molecule has 0 saturated heterocycles. The van der Waals surface area contributed by atoms with Crippen molar-refractivity contribution >= 4 is 10.1 Å². The largest absolute Gasteiger partial charge is 0.395 e. The number of aliphatic hydroxyl groups excluding tert-OH is 1. The highest BCUT2D eigenvalue weighted by molar-refractivity contribution is 7.86. The standard InChI is InChI=1S/C3H8O4S/c1-3(2-4)8(5,6)7/h3-4H,2H2,1H3,(H,5,6,7)/t3-/m1/s1. The fourth-order valence-electron chi connectivity index (χ4n) is 0.0942. The molecule has 0 amide bonds. The Morgan fingerprint density at radius 3 is 2.00 bits per heavy atom. The minimum absolute atomic E-state index is 0.543. The molecule has 0 aromatic carbocycles. The fraction of sp³-hybridized carbons (Fsp3) is 1.00. The zero-order valence-corrected chi connectivity index (χ0v) is 5.22. The molecule has 0 aliphatic rings. The molecule has 0 radical (unpaired) electrons. The van der Waals surface area contributed by atoms with Crippen LogP contribution < -0.4 is 0 Å². The van der Waals surface area contributed by atoms with Crippen molar-refractivity contribution in [2.24, 2.45) is 0 Å². The van der Waals surface area contributed by atoms with Gasteiger partial charge in [0, 0.05) is 0 Å². The molecule has 2 N–H and O–H groups in total. The second-order valence-electron chi connectivity index (χ2n) is 1.51. The van der Waals surface area contributed by atoms with Crippen molar-refractivity contribution in [3.63, 3.8) is 0 Å². The van der Waals surface area contributed by atoms with Gasteiger partial charge in [-0.2, -0.15) is 8.42 Å². The van der Waals surface area contributed by atoms with Gasteiger partial charge in [-0.3, -0.25) is 4.55 Å². The molecule has 0 aliphatic heterocycles. The van der Waals surface area contributed by atoms with E-state index in [-0.39, 0.29) is 0 Å². The second-order valence-corrected chi connectivity index (χ2v) is 3.34. The molecule has 5 heteroatoms. The average Bonchev–Trinajstić information content (AvgIpc) is 1.62. The van der Waals surface area contributed by atoms with Gasteiger partial charge in [0.25, 0.3) is 10.1 Å². The van der Waals surface area contributed by atoms with E-state index in [1.165, 1.54) is 6.92 Å². The van der Waals surface area contributed by atoms with Crippen LogP contribution in [0.4, 0.5) is 0 Å². The van der Waals surface area contributed by atoms with Crippen molar-refractivity contribution in [3.05, 3.63) is 0 Å². The molecule has 0 heterocycles. The van der Waals surface area contributed by atoms with Gasteiger partial charge in [0.2, 0.25) is 0 Å². The summed E-state index contributed by atoms with van der Waals surface area (Å²) in [6.45, 7) is 0.675. The summed E-state index contributed by atoms with van der Waals surface area (Å²) >= 11 is 0. The third kappa shape index (κ3) is 2.25. The fourth-order valence-corrected chi connectivity index (χ4v) is 0.283. The molecule has 4 nitrogen and oxygen atoms in total. The van der Waals surface area contributed by atoms with Crippen LogP contribution >= 0.6 is 0 Å². The first-order valence-corrected chi connectivity index (χ1v) is 3.56. The summed E-state index contributed by atoms with van der Waals surface area (Å²) in [7, 11) is -4.00. The first-order valence-electron chi connectivity index (χ1n) is 2.05. The lowest BCUT2D eigenvalue weighted by Crippen LogP contribution is -2.20. The van der Waals surface area contributed by atoms with Gasteiger partial charge < -0.3 is 5.11 Å². The molecule has 0 aliphatic carbocycles. The third-order valence-electron chi connectivity index (χ3n) is 0.766. The minimum atomic E-state index is -4.00. The Labute approximate surface area is 47.9 Å². The van der Waals surface area contributed by atoms with Crippen molar-refractivity contribution in [1.82, 2.24) is 0 Å².